The molecule has 1 aromatic carbocycles. The summed E-state index contributed by atoms with van der Waals surface area (Å²) < 4.78 is 7.54. The van der Waals surface area contributed by atoms with Crippen LogP contribution in [0.25, 0.3) is 10.4 Å². The first-order chi connectivity index (χ1) is 9.04. The summed E-state index contributed by atoms with van der Waals surface area (Å²) in [6.07, 6.45) is 0.708. The molecule has 0 fully saturated rings. The van der Waals surface area contributed by atoms with E-state index in [1.807, 2.05) is 26.2 Å². The molecule has 0 atom stereocenters. The van der Waals surface area contributed by atoms with E-state index in [0.29, 0.717) is 19.6 Å². The number of nitrogens with zero attached hydrogens (tertiary/aromatic N) is 4. The molecule has 0 bridgehead atoms. The van der Waals surface area contributed by atoms with E-state index < -0.39 is 0 Å². The van der Waals surface area contributed by atoms with Crippen molar-refractivity contribution in [3.8, 4) is 5.75 Å². The Labute approximate surface area is 129 Å². The van der Waals surface area contributed by atoms with Crippen LogP contribution in [-0.2, 0) is 6.42 Å². The van der Waals surface area contributed by atoms with E-state index in [2.05, 4.69) is 46.8 Å². The molecule has 0 heterocycles. The number of ether oxygens (including phenoxy) is 1. The zero-order chi connectivity index (χ0) is 14.3. The minimum absolute atomic E-state index is 0.455. The summed E-state index contributed by atoms with van der Waals surface area (Å²) in [7, 11) is 4.01. The highest BCUT2D eigenvalue weighted by Crippen LogP contribution is 2.34. The second-order valence-corrected chi connectivity index (χ2v) is 5.95. The van der Waals surface area contributed by atoms with Gasteiger partial charge in [-0.3, -0.25) is 0 Å². The van der Waals surface area contributed by atoms with Gasteiger partial charge < -0.3 is 9.64 Å². The van der Waals surface area contributed by atoms with Crippen molar-refractivity contribution in [2.75, 3.05) is 33.8 Å². The van der Waals surface area contributed by atoms with Crippen LogP contribution in [0, 0.1) is 0 Å². The Kier molecular flexibility index (Phi) is 7.23. The van der Waals surface area contributed by atoms with Gasteiger partial charge >= 0.3 is 0 Å². The smallest absolute Gasteiger partial charge is 0.147 e. The van der Waals surface area contributed by atoms with Crippen LogP contribution < -0.4 is 4.74 Å². The van der Waals surface area contributed by atoms with Crippen LogP contribution in [0.15, 0.2) is 26.2 Å². The van der Waals surface area contributed by atoms with Gasteiger partial charge in [-0.1, -0.05) is 5.11 Å². The maximum Gasteiger partial charge on any atom is 0.147 e. The topological polar surface area (TPSA) is 61.2 Å². The number of hydrogen-bond acceptors (Lipinski definition) is 3. The highest BCUT2D eigenvalue weighted by atomic mass is 79.9. The Balaban J connectivity index is 2.70. The predicted octanol–water partition coefficient (Wildman–Crippen LogP) is 4.00. The molecule has 0 saturated heterocycles. The fourth-order valence-electron chi connectivity index (χ4n) is 1.45. The standard InChI is InChI=1S/C12H16Br2N4O/c1-18(2)5-6-19-12-10(13)7-9(8-11(12)14)3-4-16-17-15/h7-8H,3-6H2,1-2H3. The van der Waals surface area contributed by atoms with Gasteiger partial charge in [0.05, 0.1) is 8.95 Å². The van der Waals surface area contributed by atoms with Crippen LogP contribution in [0.2, 0.25) is 0 Å². The van der Waals surface area contributed by atoms with Crippen LogP contribution in [0.1, 0.15) is 5.56 Å². The zero-order valence-electron chi connectivity index (χ0n) is 10.9. The fourth-order valence-corrected chi connectivity index (χ4v) is 2.96. The first-order valence-corrected chi connectivity index (χ1v) is 7.39. The predicted molar refractivity (Wildman–Crippen MR) is 83.6 cm³/mol. The van der Waals surface area contributed by atoms with Gasteiger partial charge in [0.2, 0.25) is 0 Å². The lowest BCUT2D eigenvalue weighted by Crippen LogP contribution is -2.19. The normalized spacial score (nSPS) is 10.4. The molecular formula is C12H16Br2N4O. The summed E-state index contributed by atoms with van der Waals surface area (Å²) in [5.74, 6) is 0.800. The number of likely N-dealkylation sites (N-methyl/N-ethyl adjacent to an activating group) is 1. The lowest BCUT2D eigenvalue weighted by Gasteiger charge is -2.14. The molecule has 7 heteroatoms. The number of benzene rings is 1. The average Bonchev–Trinajstić information content (AvgIpc) is 2.32. The molecular weight excluding hydrogens is 376 g/mol. The molecule has 5 nitrogen and oxygen atoms in total. The molecule has 0 N–H and O–H groups in total. The highest BCUT2D eigenvalue weighted by molar-refractivity contribution is 9.11. The number of hydrogen-bond donors (Lipinski definition) is 0. The molecule has 0 unspecified atom stereocenters. The van der Waals surface area contributed by atoms with E-state index >= 15 is 0 Å². The molecule has 104 valence electrons. The second kappa shape index (κ2) is 8.43. The average molecular weight is 392 g/mol. The lowest BCUT2D eigenvalue weighted by atomic mass is 10.1. The summed E-state index contributed by atoms with van der Waals surface area (Å²) in [5.41, 5.74) is 9.34. The van der Waals surface area contributed by atoms with Crippen LogP contribution in [0.5, 0.6) is 5.75 Å². The molecule has 19 heavy (non-hydrogen) atoms. The van der Waals surface area contributed by atoms with E-state index in [1.54, 1.807) is 0 Å². The van der Waals surface area contributed by atoms with Gasteiger partial charge in [0, 0.05) is 18.0 Å². The van der Waals surface area contributed by atoms with Crippen LogP contribution >= 0.6 is 31.9 Å². The third kappa shape index (κ3) is 5.82. The Morgan fingerprint density at radius 1 is 1.32 bits per heavy atom. The van der Waals surface area contributed by atoms with E-state index in [-0.39, 0.29) is 0 Å². The Morgan fingerprint density at radius 2 is 1.95 bits per heavy atom. The summed E-state index contributed by atoms with van der Waals surface area (Å²) >= 11 is 7.00. The zero-order valence-corrected chi connectivity index (χ0v) is 14.1. The number of halogens is 2. The van der Waals surface area contributed by atoms with Crippen LogP contribution in [0.4, 0.5) is 0 Å². The SMILES string of the molecule is CN(C)CCOc1c(Br)cc(CCN=[N+]=[N-])cc1Br. The van der Waals surface area contributed by atoms with Crippen molar-refractivity contribution < 1.29 is 4.74 Å². The first-order valence-electron chi connectivity index (χ1n) is 5.81. The molecule has 0 radical (unpaired) electrons. The van der Waals surface area contributed by atoms with Crippen LogP contribution in [0.3, 0.4) is 0 Å². The Hall–Kier alpha value is -0.750. The van der Waals surface area contributed by atoms with E-state index in [1.165, 1.54) is 0 Å². The highest BCUT2D eigenvalue weighted by Gasteiger charge is 2.09. The molecule has 1 rings (SSSR count). The maximum absolute atomic E-state index is 8.26. The fraction of sp³-hybridized carbons (Fsp3) is 0.500. The molecule has 0 amide bonds. The van der Waals surface area contributed by atoms with E-state index in [0.717, 1.165) is 26.8 Å². The van der Waals surface area contributed by atoms with Gasteiger partial charge in [0.1, 0.15) is 12.4 Å². The van der Waals surface area contributed by atoms with Crippen molar-refractivity contribution in [1.82, 2.24) is 4.90 Å². The molecule has 0 aliphatic carbocycles. The van der Waals surface area contributed by atoms with E-state index in [4.69, 9.17) is 10.3 Å². The first kappa shape index (κ1) is 16.3. The van der Waals surface area contributed by atoms with Gasteiger partial charge in [0.25, 0.3) is 0 Å². The largest absolute Gasteiger partial charge is 0.490 e. The molecule has 0 aliphatic heterocycles. The Bertz CT molecular complexity index is 450. The van der Waals surface area contributed by atoms with Crippen molar-refractivity contribution in [1.29, 1.82) is 0 Å². The number of azide groups is 1. The minimum atomic E-state index is 0.455. The van der Waals surface area contributed by atoms with Crippen molar-refractivity contribution in [3.05, 3.63) is 37.1 Å². The molecule has 1 aromatic rings. The summed E-state index contributed by atoms with van der Waals surface area (Å²) in [6, 6.07) is 3.98. The molecule has 0 aliphatic rings. The van der Waals surface area contributed by atoms with Crippen molar-refractivity contribution in [2.45, 2.75) is 6.42 Å². The third-order valence-corrected chi connectivity index (χ3v) is 3.58. The summed E-state index contributed by atoms with van der Waals surface area (Å²) in [6.45, 7) is 1.94. The Morgan fingerprint density at radius 3 is 2.47 bits per heavy atom. The molecule has 0 aromatic heterocycles. The van der Waals surface area contributed by atoms with Gasteiger partial charge in [-0.25, -0.2) is 0 Å². The number of rotatable bonds is 7. The van der Waals surface area contributed by atoms with Gasteiger partial charge in [0.15, 0.2) is 0 Å². The van der Waals surface area contributed by atoms with Gasteiger partial charge in [-0.15, -0.1) is 0 Å². The van der Waals surface area contributed by atoms with Gasteiger partial charge in [-0.05, 0) is 75.6 Å². The minimum Gasteiger partial charge on any atom is -0.490 e. The van der Waals surface area contributed by atoms with E-state index in [9.17, 15) is 0 Å². The summed E-state index contributed by atoms with van der Waals surface area (Å²) in [5, 5.41) is 3.53. The molecule has 0 saturated carbocycles. The third-order valence-electron chi connectivity index (χ3n) is 2.41. The quantitative estimate of drug-likeness (QED) is 0.400. The van der Waals surface area contributed by atoms with Crippen molar-refractivity contribution >= 4 is 31.9 Å². The second-order valence-electron chi connectivity index (χ2n) is 4.24. The monoisotopic (exact) mass is 390 g/mol. The summed E-state index contributed by atoms with van der Waals surface area (Å²) in [4.78, 5) is 4.81. The van der Waals surface area contributed by atoms with Gasteiger partial charge in [-0.2, -0.15) is 0 Å². The van der Waals surface area contributed by atoms with Crippen LogP contribution in [-0.4, -0.2) is 38.7 Å². The molecule has 0 spiro atoms. The lowest BCUT2D eigenvalue weighted by molar-refractivity contribution is 0.259. The maximum atomic E-state index is 8.26. The van der Waals surface area contributed by atoms with Crippen molar-refractivity contribution in [2.24, 2.45) is 5.11 Å². The van der Waals surface area contributed by atoms with Crippen molar-refractivity contribution in [3.63, 3.8) is 0 Å².